The quantitative estimate of drug-likeness (QED) is 0.467. The van der Waals surface area contributed by atoms with Gasteiger partial charge in [0.05, 0.1) is 10.2 Å². The van der Waals surface area contributed by atoms with Gasteiger partial charge in [0, 0.05) is 23.1 Å². The van der Waals surface area contributed by atoms with Gasteiger partial charge in [-0.2, -0.15) is 4.73 Å². The van der Waals surface area contributed by atoms with Crippen molar-refractivity contribution < 1.29 is 9.47 Å². The van der Waals surface area contributed by atoms with Crippen molar-refractivity contribution in [1.29, 1.82) is 0 Å². The zero-order valence-electron chi connectivity index (χ0n) is 9.48. The highest BCUT2D eigenvalue weighted by Crippen LogP contribution is 2.24. The van der Waals surface area contributed by atoms with Crippen LogP contribution >= 0.6 is 34.2 Å². The molecule has 0 bridgehead atoms. The van der Waals surface area contributed by atoms with Crippen LogP contribution in [0, 0.1) is 8.78 Å². The van der Waals surface area contributed by atoms with Gasteiger partial charge >= 0.3 is 0 Å². The standard InChI is InChI=1S/C13H11ClINO2/c14-11-3-4-13(12(15)8-11)18-7-5-10-2-1-6-16(17)9-10/h1-4,6,8-9H,5,7H2. The number of benzene rings is 1. The van der Waals surface area contributed by atoms with E-state index in [0.717, 1.165) is 19.6 Å². The van der Waals surface area contributed by atoms with Gasteiger partial charge in [0.1, 0.15) is 5.75 Å². The number of pyridine rings is 1. The van der Waals surface area contributed by atoms with Crippen LogP contribution in [0.1, 0.15) is 5.56 Å². The van der Waals surface area contributed by atoms with Gasteiger partial charge in [-0.3, -0.25) is 0 Å². The van der Waals surface area contributed by atoms with E-state index in [0.29, 0.717) is 18.1 Å². The normalized spacial score (nSPS) is 10.3. The molecule has 0 radical (unpaired) electrons. The summed E-state index contributed by atoms with van der Waals surface area (Å²) in [6, 6.07) is 9.14. The van der Waals surface area contributed by atoms with Gasteiger partial charge in [0.15, 0.2) is 12.4 Å². The summed E-state index contributed by atoms with van der Waals surface area (Å²) in [6.07, 6.45) is 3.71. The number of ether oxygens (including phenoxy) is 1. The van der Waals surface area contributed by atoms with Crippen LogP contribution in [0.4, 0.5) is 0 Å². The number of nitrogens with zero attached hydrogens (tertiary/aromatic N) is 1. The Bertz CT molecular complexity index is 548. The topological polar surface area (TPSA) is 36.2 Å². The molecule has 1 heterocycles. The SMILES string of the molecule is [O-][n+]1cccc(CCOc2ccc(Cl)cc2I)c1. The maximum Gasteiger partial charge on any atom is 0.183 e. The Labute approximate surface area is 124 Å². The van der Waals surface area contributed by atoms with Crippen LogP contribution in [0.3, 0.4) is 0 Å². The van der Waals surface area contributed by atoms with Crippen LogP contribution < -0.4 is 9.47 Å². The van der Waals surface area contributed by atoms with Gasteiger partial charge in [0.2, 0.25) is 0 Å². The second-order valence-electron chi connectivity index (χ2n) is 3.75. The summed E-state index contributed by atoms with van der Waals surface area (Å²) in [6.45, 7) is 0.529. The molecule has 0 amide bonds. The Kier molecular flexibility index (Phi) is 4.66. The monoisotopic (exact) mass is 375 g/mol. The lowest BCUT2D eigenvalue weighted by atomic mass is 10.2. The molecule has 0 fully saturated rings. The Morgan fingerprint density at radius 2 is 2.17 bits per heavy atom. The predicted octanol–water partition coefficient (Wildman–Crippen LogP) is 3.20. The molecule has 0 saturated carbocycles. The van der Waals surface area contributed by atoms with Gasteiger partial charge in [-0.25, -0.2) is 0 Å². The van der Waals surface area contributed by atoms with Crippen LogP contribution in [0.5, 0.6) is 5.75 Å². The summed E-state index contributed by atoms with van der Waals surface area (Å²) in [5, 5.41) is 11.8. The molecule has 0 aliphatic heterocycles. The summed E-state index contributed by atoms with van der Waals surface area (Å²) in [7, 11) is 0. The Morgan fingerprint density at radius 3 is 2.89 bits per heavy atom. The molecule has 2 rings (SSSR count). The first kappa shape index (κ1) is 13.4. The lowest BCUT2D eigenvalue weighted by Gasteiger charge is -2.08. The number of rotatable bonds is 4. The minimum Gasteiger partial charge on any atom is -0.619 e. The van der Waals surface area contributed by atoms with Crippen LogP contribution in [0.2, 0.25) is 5.02 Å². The van der Waals surface area contributed by atoms with E-state index >= 15 is 0 Å². The Morgan fingerprint density at radius 1 is 1.33 bits per heavy atom. The smallest absolute Gasteiger partial charge is 0.183 e. The van der Waals surface area contributed by atoms with E-state index in [1.165, 1.54) is 6.20 Å². The molecule has 5 heteroatoms. The molecule has 3 nitrogen and oxygen atoms in total. The van der Waals surface area contributed by atoms with E-state index in [1.54, 1.807) is 18.3 Å². The minimum absolute atomic E-state index is 0.529. The van der Waals surface area contributed by atoms with Crippen LogP contribution in [0.15, 0.2) is 42.7 Å². The van der Waals surface area contributed by atoms with Crippen molar-refractivity contribution in [3.05, 3.63) is 62.1 Å². The van der Waals surface area contributed by atoms with Crippen LogP contribution in [-0.2, 0) is 6.42 Å². The molecule has 1 aromatic heterocycles. The number of hydrogen-bond acceptors (Lipinski definition) is 2. The van der Waals surface area contributed by atoms with Crippen molar-refractivity contribution in [1.82, 2.24) is 0 Å². The molecule has 0 spiro atoms. The number of aromatic nitrogens is 1. The average Bonchev–Trinajstić information content (AvgIpc) is 2.32. The fourth-order valence-electron chi connectivity index (χ4n) is 1.52. The summed E-state index contributed by atoms with van der Waals surface area (Å²) >= 11 is 8.05. The molecule has 2 aromatic rings. The third-order valence-corrected chi connectivity index (χ3v) is 3.46. The maximum atomic E-state index is 11.1. The van der Waals surface area contributed by atoms with Crippen LogP contribution in [-0.4, -0.2) is 6.61 Å². The first-order valence-electron chi connectivity index (χ1n) is 5.41. The number of hydrogen-bond donors (Lipinski definition) is 0. The van der Waals surface area contributed by atoms with E-state index in [9.17, 15) is 5.21 Å². The zero-order valence-corrected chi connectivity index (χ0v) is 12.4. The first-order valence-corrected chi connectivity index (χ1v) is 6.86. The van der Waals surface area contributed by atoms with Crippen molar-refractivity contribution in [3.8, 4) is 5.75 Å². The van der Waals surface area contributed by atoms with E-state index < -0.39 is 0 Å². The molecule has 0 aliphatic rings. The van der Waals surface area contributed by atoms with Gasteiger partial charge in [-0.05, 0) is 46.9 Å². The third-order valence-electron chi connectivity index (χ3n) is 2.38. The second kappa shape index (κ2) is 6.24. The molecule has 0 N–H and O–H groups in total. The zero-order chi connectivity index (χ0) is 13.0. The largest absolute Gasteiger partial charge is 0.619 e. The first-order chi connectivity index (χ1) is 8.65. The summed E-state index contributed by atoms with van der Waals surface area (Å²) in [5.41, 5.74) is 0.955. The highest BCUT2D eigenvalue weighted by atomic mass is 127. The van der Waals surface area contributed by atoms with Crippen molar-refractivity contribution in [2.75, 3.05) is 6.61 Å². The van der Waals surface area contributed by atoms with E-state index in [-0.39, 0.29) is 0 Å². The molecular formula is C13H11ClINO2. The highest BCUT2D eigenvalue weighted by Gasteiger charge is 2.03. The molecule has 0 atom stereocenters. The Hall–Kier alpha value is -1.01. The fourth-order valence-corrected chi connectivity index (χ4v) is 2.55. The highest BCUT2D eigenvalue weighted by molar-refractivity contribution is 14.1. The number of halogens is 2. The fraction of sp³-hybridized carbons (Fsp3) is 0.154. The molecule has 94 valence electrons. The lowest BCUT2D eigenvalue weighted by Crippen LogP contribution is -2.25. The van der Waals surface area contributed by atoms with Crippen molar-refractivity contribution in [2.24, 2.45) is 0 Å². The predicted molar refractivity (Wildman–Crippen MR) is 78.8 cm³/mol. The molecule has 0 unspecified atom stereocenters. The summed E-state index contributed by atoms with van der Waals surface area (Å²) < 4.78 is 7.43. The van der Waals surface area contributed by atoms with Crippen LogP contribution in [0.25, 0.3) is 0 Å². The second-order valence-corrected chi connectivity index (χ2v) is 5.34. The molecular weight excluding hydrogens is 365 g/mol. The van der Waals surface area contributed by atoms with Gasteiger partial charge in [0.25, 0.3) is 0 Å². The molecule has 0 aliphatic carbocycles. The van der Waals surface area contributed by atoms with E-state index in [1.807, 2.05) is 18.2 Å². The summed E-state index contributed by atoms with van der Waals surface area (Å²) in [4.78, 5) is 0. The maximum absolute atomic E-state index is 11.1. The van der Waals surface area contributed by atoms with Crippen molar-refractivity contribution in [2.45, 2.75) is 6.42 Å². The molecule has 18 heavy (non-hydrogen) atoms. The van der Waals surface area contributed by atoms with Crippen molar-refractivity contribution >= 4 is 34.2 Å². The van der Waals surface area contributed by atoms with E-state index in [4.69, 9.17) is 16.3 Å². The third kappa shape index (κ3) is 3.74. The summed E-state index contributed by atoms with van der Waals surface area (Å²) in [5.74, 6) is 0.811. The van der Waals surface area contributed by atoms with Crippen molar-refractivity contribution in [3.63, 3.8) is 0 Å². The van der Waals surface area contributed by atoms with E-state index in [2.05, 4.69) is 22.6 Å². The minimum atomic E-state index is 0.529. The average molecular weight is 376 g/mol. The Balaban J connectivity index is 1.92. The molecule has 0 saturated heterocycles. The van der Waals surface area contributed by atoms with Gasteiger partial charge in [-0.15, -0.1) is 0 Å². The molecule has 1 aromatic carbocycles. The van der Waals surface area contributed by atoms with Gasteiger partial charge in [-0.1, -0.05) is 11.6 Å². The van der Waals surface area contributed by atoms with Gasteiger partial charge < -0.3 is 9.94 Å². The lowest BCUT2D eigenvalue weighted by molar-refractivity contribution is -0.605.